The highest BCUT2D eigenvalue weighted by molar-refractivity contribution is 5.93. The first kappa shape index (κ1) is 15.4. The fourth-order valence-electron chi connectivity index (χ4n) is 1.88. The lowest BCUT2D eigenvalue weighted by Gasteiger charge is -2.26. The summed E-state index contributed by atoms with van der Waals surface area (Å²) in [7, 11) is 1.63. The maximum atomic E-state index is 11.3. The van der Waals surface area contributed by atoms with Crippen molar-refractivity contribution in [1.82, 2.24) is 4.98 Å². The zero-order chi connectivity index (χ0) is 14.4. The highest BCUT2D eigenvalue weighted by Gasteiger charge is 2.18. The SMILES string of the molecule is COCCN(CC(C)C)c1nc(C)ccc1C(=O)O. The molecule has 1 rings (SSSR count). The van der Waals surface area contributed by atoms with E-state index in [0.717, 1.165) is 12.2 Å². The number of aryl methyl sites for hydroxylation is 1. The Morgan fingerprint density at radius 1 is 1.47 bits per heavy atom. The lowest BCUT2D eigenvalue weighted by atomic mass is 10.1. The molecule has 1 heterocycles. The van der Waals surface area contributed by atoms with Crippen LogP contribution in [0.15, 0.2) is 12.1 Å². The van der Waals surface area contributed by atoms with Gasteiger partial charge in [0.05, 0.1) is 6.61 Å². The number of rotatable bonds is 7. The molecule has 0 aliphatic carbocycles. The first-order valence-electron chi connectivity index (χ1n) is 6.40. The summed E-state index contributed by atoms with van der Waals surface area (Å²) in [5, 5.41) is 9.27. The largest absolute Gasteiger partial charge is 0.478 e. The Kier molecular flexibility index (Phi) is 5.76. The van der Waals surface area contributed by atoms with Crippen LogP contribution >= 0.6 is 0 Å². The number of aromatic carboxylic acids is 1. The number of hydrogen-bond donors (Lipinski definition) is 1. The molecule has 1 aromatic rings. The Labute approximate surface area is 114 Å². The molecule has 0 atom stereocenters. The number of carboxylic acid groups (broad SMARTS) is 1. The summed E-state index contributed by atoms with van der Waals surface area (Å²) in [4.78, 5) is 17.7. The lowest BCUT2D eigenvalue weighted by molar-refractivity contribution is 0.0697. The molecule has 0 spiro atoms. The van der Waals surface area contributed by atoms with Crippen LogP contribution in [0.4, 0.5) is 5.82 Å². The Hall–Kier alpha value is -1.62. The van der Waals surface area contributed by atoms with E-state index in [2.05, 4.69) is 18.8 Å². The zero-order valence-electron chi connectivity index (χ0n) is 12.0. The van der Waals surface area contributed by atoms with Crippen LogP contribution in [-0.4, -0.2) is 42.9 Å². The van der Waals surface area contributed by atoms with Crippen LogP contribution in [0.5, 0.6) is 0 Å². The van der Waals surface area contributed by atoms with Crippen LogP contribution in [0.2, 0.25) is 0 Å². The Bertz CT molecular complexity index is 433. The highest BCUT2D eigenvalue weighted by atomic mass is 16.5. The molecule has 1 aromatic heterocycles. The third kappa shape index (κ3) is 4.52. The minimum Gasteiger partial charge on any atom is -0.478 e. The van der Waals surface area contributed by atoms with Gasteiger partial charge in [0.25, 0.3) is 0 Å². The van der Waals surface area contributed by atoms with Gasteiger partial charge in [-0.3, -0.25) is 0 Å². The predicted molar refractivity (Wildman–Crippen MR) is 74.9 cm³/mol. The molecule has 0 radical (unpaired) electrons. The van der Waals surface area contributed by atoms with E-state index < -0.39 is 5.97 Å². The number of carbonyl (C=O) groups is 1. The van der Waals surface area contributed by atoms with Crippen molar-refractivity contribution in [3.8, 4) is 0 Å². The number of carboxylic acids is 1. The summed E-state index contributed by atoms with van der Waals surface area (Å²) in [6.07, 6.45) is 0. The molecular weight excluding hydrogens is 244 g/mol. The van der Waals surface area contributed by atoms with Gasteiger partial charge < -0.3 is 14.7 Å². The average Bonchev–Trinajstić information content (AvgIpc) is 2.33. The van der Waals surface area contributed by atoms with E-state index in [9.17, 15) is 9.90 Å². The van der Waals surface area contributed by atoms with Crippen molar-refractivity contribution < 1.29 is 14.6 Å². The maximum Gasteiger partial charge on any atom is 0.339 e. The van der Waals surface area contributed by atoms with Crippen LogP contribution < -0.4 is 4.90 Å². The molecule has 0 aliphatic heterocycles. The molecule has 5 nitrogen and oxygen atoms in total. The second kappa shape index (κ2) is 7.09. The molecule has 1 N–H and O–H groups in total. The van der Waals surface area contributed by atoms with Gasteiger partial charge in [-0.2, -0.15) is 0 Å². The van der Waals surface area contributed by atoms with Gasteiger partial charge in [0.15, 0.2) is 0 Å². The van der Waals surface area contributed by atoms with Gasteiger partial charge in [0, 0.05) is 25.9 Å². The minimum atomic E-state index is -0.950. The molecule has 5 heteroatoms. The van der Waals surface area contributed by atoms with E-state index in [0.29, 0.717) is 24.9 Å². The minimum absolute atomic E-state index is 0.238. The molecule has 0 saturated carbocycles. The van der Waals surface area contributed by atoms with Gasteiger partial charge >= 0.3 is 5.97 Å². The van der Waals surface area contributed by atoms with Crippen molar-refractivity contribution in [2.75, 3.05) is 31.7 Å². The third-order valence-electron chi connectivity index (χ3n) is 2.70. The molecule has 0 unspecified atom stereocenters. The van der Waals surface area contributed by atoms with Crippen LogP contribution in [0.1, 0.15) is 29.9 Å². The molecule has 0 aromatic carbocycles. The molecule has 0 amide bonds. The van der Waals surface area contributed by atoms with Crippen LogP contribution in [-0.2, 0) is 4.74 Å². The standard InChI is InChI=1S/C14H22N2O3/c1-10(2)9-16(7-8-19-4)13-12(14(17)18)6-5-11(3)15-13/h5-6,10H,7-9H2,1-4H3,(H,17,18). The second-order valence-electron chi connectivity index (χ2n) is 4.96. The summed E-state index contributed by atoms with van der Waals surface area (Å²) in [5.41, 5.74) is 1.05. The van der Waals surface area contributed by atoms with Crippen LogP contribution in [0, 0.1) is 12.8 Å². The Morgan fingerprint density at radius 3 is 2.68 bits per heavy atom. The fraction of sp³-hybridized carbons (Fsp3) is 0.571. The topological polar surface area (TPSA) is 62.7 Å². The molecule has 0 fully saturated rings. The first-order valence-corrected chi connectivity index (χ1v) is 6.40. The molecule has 19 heavy (non-hydrogen) atoms. The van der Waals surface area contributed by atoms with E-state index in [1.807, 2.05) is 11.8 Å². The van der Waals surface area contributed by atoms with Crippen LogP contribution in [0.25, 0.3) is 0 Å². The Morgan fingerprint density at radius 2 is 2.16 bits per heavy atom. The maximum absolute atomic E-state index is 11.3. The van der Waals surface area contributed by atoms with Crippen molar-refractivity contribution in [2.24, 2.45) is 5.92 Å². The van der Waals surface area contributed by atoms with Crippen molar-refractivity contribution in [3.05, 3.63) is 23.4 Å². The van der Waals surface area contributed by atoms with Crippen molar-refractivity contribution in [3.63, 3.8) is 0 Å². The monoisotopic (exact) mass is 266 g/mol. The fourth-order valence-corrected chi connectivity index (χ4v) is 1.88. The second-order valence-corrected chi connectivity index (χ2v) is 4.96. The molecule has 106 valence electrons. The smallest absolute Gasteiger partial charge is 0.339 e. The van der Waals surface area contributed by atoms with Crippen molar-refractivity contribution in [1.29, 1.82) is 0 Å². The van der Waals surface area contributed by atoms with E-state index in [-0.39, 0.29) is 5.56 Å². The first-order chi connectivity index (χ1) is 8.95. The Balaban J connectivity index is 3.11. The van der Waals surface area contributed by atoms with Gasteiger partial charge in [0.1, 0.15) is 11.4 Å². The van der Waals surface area contributed by atoms with Gasteiger partial charge in [0.2, 0.25) is 0 Å². The number of anilines is 1. The number of ether oxygens (including phenoxy) is 1. The van der Waals surface area contributed by atoms with E-state index in [1.165, 1.54) is 0 Å². The number of hydrogen-bond acceptors (Lipinski definition) is 4. The van der Waals surface area contributed by atoms with Crippen molar-refractivity contribution in [2.45, 2.75) is 20.8 Å². The lowest BCUT2D eigenvalue weighted by Crippen LogP contribution is -2.33. The zero-order valence-corrected chi connectivity index (χ0v) is 12.0. The summed E-state index contributed by atoms with van der Waals surface area (Å²) >= 11 is 0. The molecule has 0 aliphatic rings. The predicted octanol–water partition coefficient (Wildman–Crippen LogP) is 2.20. The van der Waals surface area contributed by atoms with Gasteiger partial charge in [-0.05, 0) is 25.0 Å². The summed E-state index contributed by atoms with van der Waals surface area (Å²) in [5.74, 6) is -0.00673. The third-order valence-corrected chi connectivity index (χ3v) is 2.70. The average molecular weight is 266 g/mol. The van der Waals surface area contributed by atoms with Gasteiger partial charge in [-0.15, -0.1) is 0 Å². The highest BCUT2D eigenvalue weighted by Crippen LogP contribution is 2.20. The summed E-state index contributed by atoms with van der Waals surface area (Å²) < 4.78 is 5.09. The van der Waals surface area contributed by atoms with E-state index in [4.69, 9.17) is 4.74 Å². The van der Waals surface area contributed by atoms with Crippen LogP contribution in [0.3, 0.4) is 0 Å². The normalized spacial score (nSPS) is 10.8. The quantitative estimate of drug-likeness (QED) is 0.819. The summed E-state index contributed by atoms with van der Waals surface area (Å²) in [6.45, 7) is 7.97. The molecule has 0 bridgehead atoms. The molecule has 0 saturated heterocycles. The summed E-state index contributed by atoms with van der Waals surface area (Å²) in [6, 6.07) is 3.33. The van der Waals surface area contributed by atoms with Gasteiger partial charge in [-0.1, -0.05) is 13.8 Å². The van der Waals surface area contributed by atoms with Crippen molar-refractivity contribution >= 4 is 11.8 Å². The number of aromatic nitrogens is 1. The van der Waals surface area contributed by atoms with Gasteiger partial charge in [-0.25, -0.2) is 9.78 Å². The number of nitrogens with zero attached hydrogens (tertiary/aromatic N) is 2. The molecular formula is C14H22N2O3. The van der Waals surface area contributed by atoms with E-state index >= 15 is 0 Å². The number of pyridine rings is 1. The number of methoxy groups -OCH3 is 1. The van der Waals surface area contributed by atoms with E-state index in [1.54, 1.807) is 19.2 Å².